The van der Waals surface area contributed by atoms with E-state index in [1.165, 1.54) is 24.3 Å². The molecule has 33 heavy (non-hydrogen) atoms. The highest BCUT2D eigenvalue weighted by Gasteiger charge is 2.37. The van der Waals surface area contributed by atoms with Crippen LogP contribution >= 0.6 is 0 Å². The van der Waals surface area contributed by atoms with Gasteiger partial charge in [0.2, 0.25) is 6.10 Å². The summed E-state index contributed by atoms with van der Waals surface area (Å²) in [6.45, 7) is 1.80. The molecule has 1 N–H and O–H groups in total. The molecule has 8 nitrogen and oxygen atoms in total. The van der Waals surface area contributed by atoms with Crippen molar-refractivity contribution in [1.29, 1.82) is 0 Å². The summed E-state index contributed by atoms with van der Waals surface area (Å²) in [5.74, 6) is -4.89. The lowest BCUT2D eigenvalue weighted by Gasteiger charge is -2.27. The third kappa shape index (κ3) is 6.27. The Kier molecular flexibility index (Phi) is 7.54. The first-order chi connectivity index (χ1) is 15.8. The van der Waals surface area contributed by atoms with Crippen LogP contribution in [-0.2, 0) is 19.1 Å². The average Bonchev–Trinajstić information content (AvgIpc) is 2.82. The molecule has 0 saturated carbocycles. The van der Waals surface area contributed by atoms with E-state index in [4.69, 9.17) is 9.47 Å². The number of anilines is 1. The van der Waals surface area contributed by atoms with Crippen LogP contribution in [0.4, 0.5) is 5.69 Å². The number of carboxylic acid groups (broad SMARTS) is 1. The first-order valence-corrected chi connectivity index (χ1v) is 9.95. The molecular weight excluding hydrogens is 426 g/mol. The smallest absolute Gasteiger partial charge is 0.339 e. The summed E-state index contributed by atoms with van der Waals surface area (Å²) < 4.78 is 10.3. The predicted molar refractivity (Wildman–Crippen MR) is 116 cm³/mol. The van der Waals surface area contributed by atoms with E-state index in [2.05, 4.69) is 5.32 Å². The number of aliphatic carboxylic acids is 1. The van der Waals surface area contributed by atoms with Crippen molar-refractivity contribution in [2.75, 3.05) is 5.32 Å². The summed E-state index contributed by atoms with van der Waals surface area (Å²) in [5, 5.41) is 14.4. The standard InChI is InChI=1S/C25H21NO7/c1-16-9-8-14-19(15-16)26-22(27)20(32-24(30)17-10-4-2-5-11-17)21(23(28)29)33-25(31)18-12-6-3-7-13-18/h2-15,20-21H,1H3,(H,26,27)(H,28,29)/p-1/t20-,21+/m1/s1. The number of ether oxygens (including phenoxy) is 2. The molecule has 0 unspecified atom stereocenters. The Morgan fingerprint density at radius 3 is 1.73 bits per heavy atom. The number of carbonyl (C=O) groups is 4. The summed E-state index contributed by atoms with van der Waals surface area (Å²) in [5.41, 5.74) is 1.30. The van der Waals surface area contributed by atoms with Crippen molar-refractivity contribution in [3.05, 3.63) is 102 Å². The van der Waals surface area contributed by atoms with E-state index in [1.807, 2.05) is 0 Å². The van der Waals surface area contributed by atoms with Crippen LogP contribution in [0.3, 0.4) is 0 Å². The number of esters is 2. The summed E-state index contributed by atoms with van der Waals surface area (Å²) >= 11 is 0. The molecule has 0 radical (unpaired) electrons. The largest absolute Gasteiger partial charge is 0.546 e. The number of carboxylic acids is 1. The van der Waals surface area contributed by atoms with Gasteiger partial charge in [0.05, 0.1) is 17.1 Å². The van der Waals surface area contributed by atoms with E-state index in [0.717, 1.165) is 5.56 Å². The van der Waals surface area contributed by atoms with Gasteiger partial charge in [-0.05, 0) is 48.9 Å². The van der Waals surface area contributed by atoms with Crippen LogP contribution in [0.5, 0.6) is 0 Å². The van der Waals surface area contributed by atoms with Crippen LogP contribution in [0, 0.1) is 6.92 Å². The summed E-state index contributed by atoms with van der Waals surface area (Å²) in [4.78, 5) is 49.9. The summed E-state index contributed by atoms with van der Waals surface area (Å²) in [7, 11) is 0. The number of amides is 1. The number of nitrogens with one attached hydrogen (secondary N) is 1. The van der Waals surface area contributed by atoms with Crippen molar-refractivity contribution in [2.24, 2.45) is 0 Å². The van der Waals surface area contributed by atoms with Gasteiger partial charge in [-0.2, -0.15) is 0 Å². The lowest BCUT2D eigenvalue weighted by molar-refractivity contribution is -0.317. The highest BCUT2D eigenvalue weighted by molar-refractivity contribution is 6.01. The molecule has 3 aromatic carbocycles. The Bertz CT molecular complexity index is 1150. The second-order valence-electron chi connectivity index (χ2n) is 7.06. The maximum Gasteiger partial charge on any atom is 0.339 e. The molecule has 0 aliphatic heterocycles. The molecule has 0 aliphatic rings. The van der Waals surface area contributed by atoms with E-state index >= 15 is 0 Å². The summed E-state index contributed by atoms with van der Waals surface area (Å²) in [6, 6.07) is 22.0. The molecule has 0 saturated heterocycles. The topological polar surface area (TPSA) is 122 Å². The van der Waals surface area contributed by atoms with Crippen molar-refractivity contribution >= 4 is 29.5 Å². The van der Waals surface area contributed by atoms with Gasteiger partial charge in [-0.1, -0.05) is 48.5 Å². The number of carbonyl (C=O) groups excluding carboxylic acids is 4. The van der Waals surface area contributed by atoms with Gasteiger partial charge in [0.25, 0.3) is 5.91 Å². The van der Waals surface area contributed by atoms with Crippen molar-refractivity contribution < 1.29 is 33.8 Å². The lowest BCUT2D eigenvalue weighted by atomic mass is 10.1. The number of hydrogen-bond donors (Lipinski definition) is 1. The van der Waals surface area contributed by atoms with Crippen LogP contribution < -0.4 is 10.4 Å². The molecular formula is C25H20NO7-. The van der Waals surface area contributed by atoms with Gasteiger partial charge in [0, 0.05) is 5.69 Å². The molecule has 2 atom stereocenters. The van der Waals surface area contributed by atoms with Gasteiger partial charge in [0.1, 0.15) is 0 Å². The van der Waals surface area contributed by atoms with Gasteiger partial charge < -0.3 is 24.7 Å². The molecule has 0 aromatic heterocycles. The molecule has 3 aromatic rings. The second-order valence-corrected chi connectivity index (χ2v) is 7.06. The number of benzene rings is 3. The maximum atomic E-state index is 13.0. The van der Waals surface area contributed by atoms with E-state index in [-0.39, 0.29) is 11.1 Å². The van der Waals surface area contributed by atoms with Gasteiger partial charge in [-0.3, -0.25) is 4.79 Å². The Balaban J connectivity index is 1.90. The highest BCUT2D eigenvalue weighted by atomic mass is 16.6. The monoisotopic (exact) mass is 446 g/mol. The Morgan fingerprint density at radius 2 is 1.24 bits per heavy atom. The molecule has 1 amide bonds. The minimum atomic E-state index is -2.20. The first kappa shape index (κ1) is 23.2. The average molecular weight is 446 g/mol. The molecule has 0 aliphatic carbocycles. The lowest BCUT2D eigenvalue weighted by Crippen LogP contribution is -2.52. The van der Waals surface area contributed by atoms with Gasteiger partial charge in [-0.15, -0.1) is 0 Å². The van der Waals surface area contributed by atoms with Crippen molar-refractivity contribution in [3.8, 4) is 0 Å². The molecule has 0 spiro atoms. The third-order valence-corrected chi connectivity index (χ3v) is 4.54. The van der Waals surface area contributed by atoms with E-state index < -0.39 is 36.0 Å². The van der Waals surface area contributed by atoms with Gasteiger partial charge >= 0.3 is 11.9 Å². The molecule has 168 valence electrons. The van der Waals surface area contributed by atoms with Crippen LogP contribution in [0.25, 0.3) is 0 Å². The minimum Gasteiger partial charge on any atom is -0.546 e. The molecule has 0 bridgehead atoms. The Labute approximate surface area is 189 Å². The predicted octanol–water partition coefficient (Wildman–Crippen LogP) is 2.13. The van der Waals surface area contributed by atoms with Gasteiger partial charge in [0.15, 0.2) is 6.10 Å². The third-order valence-electron chi connectivity index (χ3n) is 4.54. The molecule has 0 fully saturated rings. The Hall–Kier alpha value is -4.46. The van der Waals surface area contributed by atoms with Gasteiger partial charge in [-0.25, -0.2) is 9.59 Å². The molecule has 8 heteroatoms. The van der Waals surface area contributed by atoms with E-state index in [1.54, 1.807) is 67.6 Å². The van der Waals surface area contributed by atoms with Crippen LogP contribution in [0.2, 0.25) is 0 Å². The zero-order valence-electron chi connectivity index (χ0n) is 17.6. The van der Waals surface area contributed by atoms with Crippen LogP contribution in [0.1, 0.15) is 26.3 Å². The van der Waals surface area contributed by atoms with E-state index in [9.17, 15) is 24.3 Å². The fourth-order valence-corrected chi connectivity index (χ4v) is 2.94. The second kappa shape index (κ2) is 10.7. The fourth-order valence-electron chi connectivity index (χ4n) is 2.94. The van der Waals surface area contributed by atoms with Crippen LogP contribution in [-0.4, -0.2) is 36.0 Å². The maximum absolute atomic E-state index is 13.0. The normalized spacial score (nSPS) is 12.2. The van der Waals surface area contributed by atoms with Crippen molar-refractivity contribution in [2.45, 2.75) is 19.1 Å². The minimum absolute atomic E-state index is 0.0518. The molecule has 3 rings (SSSR count). The quantitative estimate of drug-likeness (QED) is 0.526. The van der Waals surface area contributed by atoms with E-state index in [0.29, 0.717) is 5.69 Å². The van der Waals surface area contributed by atoms with Crippen molar-refractivity contribution in [3.63, 3.8) is 0 Å². The SMILES string of the molecule is Cc1cccc(NC(=O)[C@H](OC(=O)c2ccccc2)[C@H](OC(=O)c2ccccc2)C(=O)[O-])c1. The number of rotatable bonds is 8. The Morgan fingerprint density at radius 1 is 0.727 bits per heavy atom. The number of aryl methyl sites for hydroxylation is 1. The zero-order chi connectivity index (χ0) is 23.8. The van der Waals surface area contributed by atoms with Crippen LogP contribution in [0.15, 0.2) is 84.9 Å². The fraction of sp³-hybridized carbons (Fsp3) is 0.120. The number of hydrogen-bond acceptors (Lipinski definition) is 7. The highest BCUT2D eigenvalue weighted by Crippen LogP contribution is 2.16. The summed E-state index contributed by atoms with van der Waals surface area (Å²) in [6.07, 6.45) is -4.22. The van der Waals surface area contributed by atoms with Crippen molar-refractivity contribution in [1.82, 2.24) is 0 Å². The zero-order valence-corrected chi connectivity index (χ0v) is 17.6. The first-order valence-electron chi connectivity index (χ1n) is 9.95. The molecule has 0 heterocycles.